The van der Waals surface area contributed by atoms with E-state index in [-0.39, 0.29) is 35.5 Å². The van der Waals surface area contributed by atoms with E-state index in [1.165, 1.54) is 16.7 Å². The molecule has 0 spiro atoms. The van der Waals surface area contributed by atoms with Crippen LogP contribution in [0.25, 0.3) is 0 Å². The number of nitrogens with one attached hydrogen (secondary N) is 2. The Kier molecular flexibility index (Phi) is 7.84. The van der Waals surface area contributed by atoms with Crippen molar-refractivity contribution in [1.82, 2.24) is 24.9 Å². The largest absolute Gasteiger partial charge is 0.477 e. The van der Waals surface area contributed by atoms with Gasteiger partial charge in [-0.1, -0.05) is 13.3 Å². The molecule has 1 fully saturated rings. The molecule has 0 aliphatic carbocycles. The number of nitrogens with two attached hydrogens (primary N) is 1. The summed E-state index contributed by atoms with van der Waals surface area (Å²) in [6, 6.07) is 2.52. The number of carboxylic acids is 1. The first-order valence-electron chi connectivity index (χ1n) is 11.3. The van der Waals surface area contributed by atoms with Crippen LogP contribution in [0, 0.1) is 0 Å². The van der Waals surface area contributed by atoms with Gasteiger partial charge in [-0.3, -0.25) is 19.3 Å². The molecule has 1 unspecified atom stereocenters. The first-order valence-corrected chi connectivity index (χ1v) is 13.2. The lowest BCUT2D eigenvalue weighted by Crippen LogP contribution is -2.70. The van der Waals surface area contributed by atoms with Gasteiger partial charge < -0.3 is 21.5 Å². The number of rotatable bonds is 10. The summed E-state index contributed by atoms with van der Waals surface area (Å²) in [5.41, 5.74) is 6.53. The van der Waals surface area contributed by atoms with E-state index in [2.05, 4.69) is 20.0 Å². The molecule has 4 rings (SSSR count). The van der Waals surface area contributed by atoms with Crippen LogP contribution < -0.4 is 20.9 Å². The summed E-state index contributed by atoms with van der Waals surface area (Å²) in [6.45, 7) is 2.90. The second-order valence-electron chi connectivity index (χ2n) is 8.31. The summed E-state index contributed by atoms with van der Waals surface area (Å²) in [5, 5.41) is 15.1. The van der Waals surface area contributed by atoms with Crippen molar-refractivity contribution in [3.63, 3.8) is 0 Å². The normalized spacial score (nSPS) is 18.9. The molecule has 1 saturated heterocycles. The summed E-state index contributed by atoms with van der Waals surface area (Å²) >= 11 is 2.37. The number of fused-ring (bicyclic) bond motifs is 1. The zero-order valence-corrected chi connectivity index (χ0v) is 21.1. The molecule has 2 aromatic rings. The van der Waals surface area contributed by atoms with Crippen LogP contribution in [-0.4, -0.2) is 66.8 Å². The summed E-state index contributed by atoms with van der Waals surface area (Å²) in [7, 11) is 0. The van der Waals surface area contributed by atoms with E-state index in [1.807, 2.05) is 6.92 Å². The Morgan fingerprint density at radius 2 is 2.06 bits per heavy atom. The lowest BCUT2D eigenvalue weighted by Gasteiger charge is -2.49. The zero-order chi connectivity index (χ0) is 25.8. The van der Waals surface area contributed by atoms with Crippen molar-refractivity contribution in [2.75, 3.05) is 18.0 Å². The van der Waals surface area contributed by atoms with E-state index in [0.29, 0.717) is 23.4 Å². The number of pyridine rings is 1. The lowest BCUT2D eigenvalue weighted by molar-refractivity contribution is -0.689. The number of aliphatic carboxylic acids is 1. The molecular formula is C22H26N7O5S2+. The fourth-order valence-electron chi connectivity index (χ4n) is 3.93. The minimum atomic E-state index is -1.21. The van der Waals surface area contributed by atoms with Crippen LogP contribution >= 0.6 is 23.3 Å². The predicted octanol–water partition coefficient (Wildman–Crippen LogP) is -0.0810. The molecule has 2 atom stereocenters. The van der Waals surface area contributed by atoms with Gasteiger partial charge in [-0.25, -0.2) is 14.3 Å². The third kappa shape index (κ3) is 5.49. The van der Waals surface area contributed by atoms with Crippen LogP contribution in [0.1, 0.15) is 35.9 Å². The van der Waals surface area contributed by atoms with Gasteiger partial charge >= 0.3 is 5.97 Å². The quantitative estimate of drug-likeness (QED) is 0.185. The Hall–Kier alpha value is -3.52. The number of anilines is 1. The van der Waals surface area contributed by atoms with Crippen LogP contribution in [0.3, 0.4) is 0 Å². The van der Waals surface area contributed by atoms with E-state index in [9.17, 15) is 24.3 Å². The number of unbranched alkanes of at least 4 members (excludes halogenated alkanes) is 1. The summed E-state index contributed by atoms with van der Waals surface area (Å²) in [4.78, 5) is 54.6. The summed E-state index contributed by atoms with van der Waals surface area (Å²) in [6.07, 6.45) is 5.18. The smallest absolute Gasteiger partial charge is 0.352 e. The molecular weight excluding hydrogens is 506 g/mol. The molecule has 14 heteroatoms. The third-order valence-corrected chi connectivity index (χ3v) is 7.63. The van der Waals surface area contributed by atoms with Gasteiger partial charge in [-0.05, 0) is 6.42 Å². The average Bonchev–Trinajstić information content (AvgIpc) is 3.26. The Morgan fingerprint density at radius 1 is 1.31 bits per heavy atom. The van der Waals surface area contributed by atoms with Crippen molar-refractivity contribution in [3.05, 3.63) is 47.2 Å². The van der Waals surface area contributed by atoms with Crippen molar-refractivity contribution in [2.24, 2.45) is 0 Å². The maximum atomic E-state index is 12.8. The number of hydrogen-bond donors (Lipinski definition) is 4. The molecule has 0 saturated carbocycles. The van der Waals surface area contributed by atoms with Crippen molar-refractivity contribution in [1.29, 1.82) is 0 Å². The molecule has 2 aliphatic rings. The highest BCUT2D eigenvalue weighted by Gasteiger charge is 2.54. The third-order valence-electron chi connectivity index (χ3n) is 5.71. The second kappa shape index (κ2) is 11.0. The van der Waals surface area contributed by atoms with Crippen LogP contribution in [0.15, 0.2) is 35.8 Å². The number of carbonyl (C=O) groups excluding carboxylic acids is 3. The molecule has 3 amide bonds. The first-order chi connectivity index (χ1) is 17.3. The second-order valence-corrected chi connectivity index (χ2v) is 10.2. The molecule has 4 heterocycles. The number of nitrogen functional groups attached to an aromatic ring is 1. The van der Waals surface area contributed by atoms with Gasteiger partial charge in [0.05, 0.1) is 12.0 Å². The Labute approximate surface area is 215 Å². The number of aromatic nitrogens is 3. The molecule has 2 aromatic heterocycles. The Morgan fingerprint density at radius 3 is 2.69 bits per heavy atom. The Balaban J connectivity index is 1.41. The highest BCUT2D eigenvalue weighted by molar-refractivity contribution is 8.00. The van der Waals surface area contributed by atoms with Gasteiger partial charge in [-0.2, -0.15) is 4.37 Å². The van der Waals surface area contributed by atoms with E-state index in [0.717, 1.165) is 24.4 Å². The standard InChI is InChI=1S/C22H25N7O5S2/c1-2-3-6-24-18(31)12-4-7-28(8-5-12)10-13-11-35-20-16(19(32)29(20)17(13)21(33)34)26-15(30)9-14-25-22(23)36-27-14/h4-5,7-8,16,20H,2-3,6,9-11H2,1H3,(H4-,23,24,25,26,27,30,31,33,34)/p+1/t16?,20-/m0/s1. The minimum absolute atomic E-state index is 0.0722. The van der Waals surface area contributed by atoms with Crippen molar-refractivity contribution >= 4 is 52.1 Å². The van der Waals surface area contributed by atoms with Crippen LogP contribution in [0.2, 0.25) is 0 Å². The zero-order valence-electron chi connectivity index (χ0n) is 19.5. The SMILES string of the molecule is CCCCNC(=O)c1cc[n+](CC2=C(C(=O)O)N3C(=O)C(NC(=O)Cc4nsc(N)n4)[C@@H]3SC2)cc1. The topological polar surface area (TPSA) is 171 Å². The molecule has 2 aliphatic heterocycles. The monoisotopic (exact) mass is 532 g/mol. The van der Waals surface area contributed by atoms with Gasteiger partial charge in [0.15, 0.2) is 29.9 Å². The van der Waals surface area contributed by atoms with E-state index < -0.39 is 29.2 Å². The van der Waals surface area contributed by atoms with Gasteiger partial charge in [0.2, 0.25) is 5.91 Å². The number of carbonyl (C=O) groups is 4. The number of thioether (sulfide) groups is 1. The summed E-state index contributed by atoms with van der Waals surface area (Å²) < 4.78 is 5.72. The maximum absolute atomic E-state index is 12.8. The van der Waals surface area contributed by atoms with Gasteiger partial charge in [0.1, 0.15) is 17.1 Å². The minimum Gasteiger partial charge on any atom is -0.477 e. The van der Waals surface area contributed by atoms with Crippen LogP contribution in [0.5, 0.6) is 0 Å². The highest BCUT2D eigenvalue weighted by atomic mass is 32.2. The van der Waals surface area contributed by atoms with Crippen molar-refractivity contribution < 1.29 is 28.9 Å². The predicted molar refractivity (Wildman–Crippen MR) is 132 cm³/mol. The molecule has 12 nitrogen and oxygen atoms in total. The van der Waals surface area contributed by atoms with E-state index >= 15 is 0 Å². The number of amides is 3. The molecule has 190 valence electrons. The summed E-state index contributed by atoms with van der Waals surface area (Å²) in [5.74, 6) is -1.64. The van der Waals surface area contributed by atoms with Gasteiger partial charge in [0.25, 0.3) is 11.8 Å². The van der Waals surface area contributed by atoms with Crippen molar-refractivity contribution in [2.45, 2.75) is 44.1 Å². The van der Waals surface area contributed by atoms with E-state index in [4.69, 9.17) is 5.73 Å². The number of carboxylic acid groups (broad SMARTS) is 1. The Bertz CT molecular complexity index is 1210. The van der Waals surface area contributed by atoms with E-state index in [1.54, 1.807) is 29.1 Å². The molecule has 5 N–H and O–H groups in total. The van der Waals surface area contributed by atoms with Crippen molar-refractivity contribution in [3.8, 4) is 0 Å². The van der Waals surface area contributed by atoms with Gasteiger partial charge in [-0.15, -0.1) is 11.8 Å². The molecule has 36 heavy (non-hydrogen) atoms. The first kappa shape index (κ1) is 25.6. The van der Waals surface area contributed by atoms with Crippen LogP contribution in [0.4, 0.5) is 5.13 Å². The number of β-lactam (4-membered cyclic amide) rings is 1. The fourth-order valence-corrected chi connectivity index (χ4v) is 5.71. The number of nitrogens with zero attached hydrogens (tertiary/aromatic N) is 4. The average molecular weight is 533 g/mol. The molecule has 0 bridgehead atoms. The molecule has 0 aromatic carbocycles. The fraction of sp³-hybridized carbons (Fsp3) is 0.409. The highest BCUT2D eigenvalue weighted by Crippen LogP contribution is 2.40. The number of hydrogen-bond acceptors (Lipinski definition) is 9. The van der Waals surface area contributed by atoms with Gasteiger partial charge in [0, 0.05) is 41.5 Å². The van der Waals surface area contributed by atoms with Crippen LogP contribution in [-0.2, 0) is 27.3 Å². The maximum Gasteiger partial charge on any atom is 0.352 e. The lowest BCUT2D eigenvalue weighted by atomic mass is 10.0. The molecule has 0 radical (unpaired) electrons.